The molecule has 0 N–H and O–H groups in total. The number of likely N-dealkylation sites (tertiary alicyclic amines) is 1. The summed E-state index contributed by atoms with van der Waals surface area (Å²) in [5.41, 5.74) is 1.14. The summed E-state index contributed by atoms with van der Waals surface area (Å²) in [5, 5.41) is 0. The summed E-state index contributed by atoms with van der Waals surface area (Å²) < 4.78 is 5.22. The fourth-order valence-electron chi connectivity index (χ4n) is 2.08. The lowest BCUT2D eigenvalue weighted by Gasteiger charge is -2.21. The second-order valence-electron chi connectivity index (χ2n) is 4.58. The molecule has 1 atom stereocenters. The summed E-state index contributed by atoms with van der Waals surface area (Å²) >= 11 is 0. The van der Waals surface area contributed by atoms with Gasteiger partial charge in [-0.25, -0.2) is 0 Å². The molecule has 1 fully saturated rings. The fourth-order valence-corrected chi connectivity index (χ4v) is 2.08. The number of aromatic nitrogens is 1. The molecule has 0 radical (unpaired) electrons. The molecule has 0 aliphatic carbocycles. The number of hydrogen-bond acceptors (Lipinski definition) is 4. The largest absolute Gasteiger partial charge is 0.474 e. The Kier molecular flexibility index (Phi) is 5.34. The van der Waals surface area contributed by atoms with Crippen LogP contribution in [0.25, 0.3) is 0 Å². The molecule has 3 heterocycles. The minimum absolute atomic E-state index is 0.109. The van der Waals surface area contributed by atoms with Crippen molar-refractivity contribution in [1.82, 2.24) is 9.88 Å². The lowest BCUT2D eigenvalue weighted by Crippen LogP contribution is -2.27. The number of pyridine rings is 1. The Morgan fingerprint density at radius 1 is 1.21 bits per heavy atom. The van der Waals surface area contributed by atoms with Gasteiger partial charge in [0.1, 0.15) is 6.10 Å². The third-order valence-electron chi connectivity index (χ3n) is 3.19. The number of nitrogens with zero attached hydrogens (tertiary/aromatic N) is 3. The lowest BCUT2D eigenvalue weighted by atomic mass is 10.1. The van der Waals surface area contributed by atoms with Crippen LogP contribution in [0.3, 0.4) is 0 Å². The number of aliphatic imine (C=N–C) groups is 1. The highest BCUT2D eigenvalue weighted by Crippen LogP contribution is 2.18. The fraction of sp³-hybridized carbons (Fsp3) is 0.500. The van der Waals surface area contributed by atoms with Crippen LogP contribution in [-0.2, 0) is 9.53 Å². The SMILES string of the molecule is C1=NCC(c2ccncc2)O1.O=CN1CCCCC1. The number of ether oxygens (including phenoxy) is 1. The zero-order valence-corrected chi connectivity index (χ0v) is 10.9. The number of carbonyl (C=O) groups excluding carboxylic acids is 1. The number of hydrogen-bond donors (Lipinski definition) is 0. The van der Waals surface area contributed by atoms with E-state index in [1.165, 1.54) is 25.7 Å². The highest BCUT2D eigenvalue weighted by molar-refractivity contribution is 5.49. The van der Waals surface area contributed by atoms with Crippen LogP contribution >= 0.6 is 0 Å². The van der Waals surface area contributed by atoms with Gasteiger partial charge in [0, 0.05) is 25.5 Å². The van der Waals surface area contributed by atoms with Crippen LogP contribution in [-0.4, -0.2) is 42.3 Å². The third-order valence-corrected chi connectivity index (χ3v) is 3.19. The van der Waals surface area contributed by atoms with E-state index in [4.69, 9.17) is 4.74 Å². The van der Waals surface area contributed by atoms with Gasteiger partial charge in [-0.3, -0.25) is 14.8 Å². The van der Waals surface area contributed by atoms with Crippen molar-refractivity contribution in [3.8, 4) is 0 Å². The smallest absolute Gasteiger partial charge is 0.209 e. The Labute approximate surface area is 113 Å². The van der Waals surface area contributed by atoms with E-state index < -0.39 is 0 Å². The Balaban J connectivity index is 0.000000148. The highest BCUT2D eigenvalue weighted by atomic mass is 16.5. The van der Waals surface area contributed by atoms with Crippen LogP contribution in [0, 0.1) is 0 Å². The van der Waals surface area contributed by atoms with Gasteiger partial charge >= 0.3 is 0 Å². The van der Waals surface area contributed by atoms with E-state index in [9.17, 15) is 4.79 Å². The topological polar surface area (TPSA) is 54.8 Å². The van der Waals surface area contributed by atoms with Gasteiger partial charge in [0.05, 0.1) is 6.54 Å². The van der Waals surface area contributed by atoms with Crippen LogP contribution in [0.5, 0.6) is 0 Å². The summed E-state index contributed by atoms with van der Waals surface area (Å²) in [6.07, 6.45) is 9.76. The molecule has 2 aliphatic rings. The monoisotopic (exact) mass is 261 g/mol. The quantitative estimate of drug-likeness (QED) is 0.763. The molecular weight excluding hydrogens is 242 g/mol. The number of rotatable bonds is 2. The maximum Gasteiger partial charge on any atom is 0.209 e. The van der Waals surface area contributed by atoms with Crippen molar-refractivity contribution in [3.63, 3.8) is 0 Å². The second-order valence-corrected chi connectivity index (χ2v) is 4.58. The Morgan fingerprint density at radius 2 is 1.95 bits per heavy atom. The molecular formula is C14H19N3O2. The van der Waals surface area contributed by atoms with E-state index >= 15 is 0 Å². The van der Waals surface area contributed by atoms with Gasteiger partial charge in [0.25, 0.3) is 0 Å². The number of carbonyl (C=O) groups is 1. The van der Waals surface area contributed by atoms with Gasteiger partial charge in [-0.05, 0) is 37.0 Å². The molecule has 0 saturated carbocycles. The summed E-state index contributed by atoms with van der Waals surface area (Å²) in [6, 6.07) is 3.89. The van der Waals surface area contributed by atoms with Crippen molar-refractivity contribution in [2.45, 2.75) is 25.4 Å². The number of piperidine rings is 1. The van der Waals surface area contributed by atoms with Crippen LogP contribution in [0.2, 0.25) is 0 Å². The van der Waals surface area contributed by atoms with E-state index in [1.54, 1.807) is 12.4 Å². The molecule has 1 amide bonds. The summed E-state index contributed by atoms with van der Waals surface area (Å²) in [4.78, 5) is 19.8. The van der Waals surface area contributed by atoms with E-state index in [0.29, 0.717) is 0 Å². The van der Waals surface area contributed by atoms with Crippen molar-refractivity contribution in [3.05, 3.63) is 30.1 Å². The molecule has 102 valence electrons. The first-order valence-corrected chi connectivity index (χ1v) is 6.63. The van der Waals surface area contributed by atoms with Crippen LogP contribution < -0.4 is 0 Å². The summed E-state index contributed by atoms with van der Waals surface area (Å²) in [7, 11) is 0. The van der Waals surface area contributed by atoms with Gasteiger partial charge in [-0.15, -0.1) is 0 Å². The zero-order chi connectivity index (χ0) is 13.3. The predicted molar refractivity (Wildman–Crippen MR) is 72.9 cm³/mol. The molecule has 1 aromatic rings. The van der Waals surface area contributed by atoms with Gasteiger partial charge in [0.2, 0.25) is 6.41 Å². The first-order chi connectivity index (χ1) is 9.40. The molecule has 5 heteroatoms. The molecule has 5 nitrogen and oxygen atoms in total. The van der Waals surface area contributed by atoms with E-state index in [-0.39, 0.29) is 6.10 Å². The van der Waals surface area contributed by atoms with Gasteiger partial charge < -0.3 is 9.64 Å². The average molecular weight is 261 g/mol. The van der Waals surface area contributed by atoms with Crippen molar-refractivity contribution >= 4 is 12.8 Å². The Hall–Kier alpha value is -1.91. The molecule has 1 unspecified atom stereocenters. The minimum atomic E-state index is 0.109. The molecule has 19 heavy (non-hydrogen) atoms. The van der Waals surface area contributed by atoms with Crippen LogP contribution in [0.1, 0.15) is 30.9 Å². The first-order valence-electron chi connectivity index (χ1n) is 6.63. The Bertz CT molecular complexity index is 394. The normalized spacial score (nSPS) is 21.3. The lowest BCUT2D eigenvalue weighted by molar-refractivity contribution is -0.118. The van der Waals surface area contributed by atoms with E-state index in [2.05, 4.69) is 9.98 Å². The second kappa shape index (κ2) is 7.51. The molecule has 1 aromatic heterocycles. The number of amides is 1. The van der Waals surface area contributed by atoms with Crippen molar-refractivity contribution in [2.24, 2.45) is 4.99 Å². The minimum Gasteiger partial charge on any atom is -0.474 e. The molecule has 3 rings (SSSR count). The molecule has 0 aromatic carbocycles. The van der Waals surface area contributed by atoms with Crippen LogP contribution in [0.4, 0.5) is 0 Å². The average Bonchev–Trinajstić information content (AvgIpc) is 3.04. The highest BCUT2D eigenvalue weighted by Gasteiger charge is 2.13. The Morgan fingerprint density at radius 3 is 2.47 bits per heavy atom. The standard InChI is InChI=1S/C8H8N2O.C6H11NO/c1-3-9-4-2-7(1)8-5-10-6-11-8;8-6-7-4-2-1-3-5-7/h1-4,6,8H,5H2;6H,1-5H2. The predicted octanol–water partition coefficient (Wildman–Crippen LogP) is 1.81. The molecule has 0 bridgehead atoms. The molecule has 2 aliphatic heterocycles. The van der Waals surface area contributed by atoms with Crippen molar-refractivity contribution in [1.29, 1.82) is 0 Å². The summed E-state index contributed by atoms with van der Waals surface area (Å²) in [5.74, 6) is 0. The van der Waals surface area contributed by atoms with Crippen molar-refractivity contribution < 1.29 is 9.53 Å². The molecule has 0 spiro atoms. The van der Waals surface area contributed by atoms with Crippen molar-refractivity contribution in [2.75, 3.05) is 19.6 Å². The summed E-state index contributed by atoms with van der Waals surface area (Å²) in [6.45, 7) is 2.68. The van der Waals surface area contributed by atoms with Gasteiger partial charge in [-0.1, -0.05) is 0 Å². The van der Waals surface area contributed by atoms with E-state index in [0.717, 1.165) is 31.6 Å². The van der Waals surface area contributed by atoms with Crippen LogP contribution in [0.15, 0.2) is 29.5 Å². The van der Waals surface area contributed by atoms with Gasteiger partial charge in [-0.2, -0.15) is 0 Å². The zero-order valence-electron chi connectivity index (χ0n) is 10.9. The maximum atomic E-state index is 10.1. The molecule has 1 saturated heterocycles. The third kappa shape index (κ3) is 4.35. The maximum absolute atomic E-state index is 10.1. The van der Waals surface area contributed by atoms with Gasteiger partial charge in [0.15, 0.2) is 6.40 Å². The first kappa shape index (κ1) is 13.5. The van der Waals surface area contributed by atoms with E-state index in [1.807, 2.05) is 17.0 Å².